The van der Waals surface area contributed by atoms with Crippen LogP contribution in [0.15, 0.2) is 60.7 Å². The molecule has 3 saturated carbocycles. The van der Waals surface area contributed by atoms with Crippen LogP contribution in [-0.4, -0.2) is 11.8 Å². The molecule has 2 aromatic rings. The van der Waals surface area contributed by atoms with Gasteiger partial charge in [0.05, 0.1) is 0 Å². The molecule has 0 bridgehead atoms. The van der Waals surface area contributed by atoms with Gasteiger partial charge in [-0.1, -0.05) is 32.9 Å². The summed E-state index contributed by atoms with van der Waals surface area (Å²) in [5.74, 6) is 2.68. The Bertz CT molecular complexity index is 1340. The first kappa shape index (κ1) is 32.4. The van der Waals surface area contributed by atoms with E-state index in [1.54, 1.807) is 24.3 Å². The van der Waals surface area contributed by atoms with Crippen LogP contribution in [0.5, 0.6) is 0 Å². The van der Waals surface area contributed by atoms with Crippen molar-refractivity contribution in [1.82, 2.24) is 0 Å². The topological polar surface area (TPSA) is 58.2 Å². The number of halogens is 2. The van der Waals surface area contributed by atoms with Crippen LogP contribution in [0.1, 0.15) is 91.9 Å². The van der Waals surface area contributed by atoms with Crippen LogP contribution in [0.4, 0.5) is 20.2 Å². The number of hydrogen-bond acceptors (Lipinski definition) is 2. The summed E-state index contributed by atoms with van der Waals surface area (Å²) in [6.07, 6.45) is 9.77. The Kier molecular flexibility index (Phi) is 9.67. The van der Waals surface area contributed by atoms with Crippen molar-refractivity contribution in [2.24, 2.45) is 46.3 Å². The van der Waals surface area contributed by atoms with E-state index in [1.165, 1.54) is 61.9 Å². The number of hydrogen-bond donors (Lipinski definition) is 2. The molecule has 2 N–H and O–H groups in total. The Morgan fingerprint density at radius 3 is 1.98 bits per heavy atom. The number of benzene rings is 2. The fourth-order valence-electron chi connectivity index (χ4n) is 10.1. The fourth-order valence-corrected chi connectivity index (χ4v) is 10.1. The van der Waals surface area contributed by atoms with Crippen molar-refractivity contribution >= 4 is 23.2 Å². The van der Waals surface area contributed by atoms with Gasteiger partial charge in [-0.25, -0.2) is 8.78 Å². The minimum atomic E-state index is -0.312. The SMILES string of the molecule is C=C(C)C1CC[C@H]2[C@@H]3CC[C@H]([C@H](C)CCC(=O)Nc4ccc(F)cc4)[C@@]3(C)CC[C@@H]2[C@@]1(C)CCC(=O)Nc1ccc(F)cc1. The number of carbonyl (C=O) groups excluding carboxylic acids is 2. The summed E-state index contributed by atoms with van der Waals surface area (Å²) in [6, 6.07) is 11.9. The monoisotopic (exact) mass is 604 g/mol. The van der Waals surface area contributed by atoms with Crippen LogP contribution in [0.2, 0.25) is 0 Å². The number of nitrogens with one attached hydrogen (secondary N) is 2. The van der Waals surface area contributed by atoms with Crippen molar-refractivity contribution in [3.63, 3.8) is 0 Å². The molecule has 44 heavy (non-hydrogen) atoms. The third kappa shape index (κ3) is 6.65. The number of fused-ring (bicyclic) bond motifs is 3. The second kappa shape index (κ2) is 13.1. The van der Waals surface area contributed by atoms with Gasteiger partial charge in [0.15, 0.2) is 0 Å². The molecule has 0 aromatic heterocycles. The van der Waals surface area contributed by atoms with Crippen molar-refractivity contribution in [2.45, 2.75) is 91.9 Å². The van der Waals surface area contributed by atoms with Crippen LogP contribution >= 0.6 is 0 Å². The van der Waals surface area contributed by atoms with Gasteiger partial charge in [-0.15, -0.1) is 0 Å². The molecular formula is C38H50F2N2O2. The average molecular weight is 605 g/mol. The Hall–Kier alpha value is -3.02. The van der Waals surface area contributed by atoms with Gasteiger partial charge >= 0.3 is 0 Å². The van der Waals surface area contributed by atoms with Crippen LogP contribution < -0.4 is 10.6 Å². The highest BCUT2D eigenvalue weighted by Gasteiger charge is 2.60. The smallest absolute Gasteiger partial charge is 0.224 e. The Balaban J connectivity index is 1.23. The molecule has 0 saturated heterocycles. The Labute approximate surface area is 262 Å². The van der Waals surface area contributed by atoms with E-state index in [9.17, 15) is 18.4 Å². The number of anilines is 2. The Morgan fingerprint density at radius 1 is 0.841 bits per heavy atom. The van der Waals surface area contributed by atoms with Gasteiger partial charge < -0.3 is 10.6 Å². The maximum absolute atomic E-state index is 13.3. The molecule has 1 unspecified atom stereocenters. The first-order valence-electron chi connectivity index (χ1n) is 16.7. The molecule has 2 amide bonds. The minimum absolute atomic E-state index is 0.00999. The van der Waals surface area contributed by atoms with Crippen molar-refractivity contribution in [3.05, 3.63) is 72.3 Å². The van der Waals surface area contributed by atoms with E-state index in [2.05, 4.69) is 44.9 Å². The molecule has 0 spiro atoms. The molecular weight excluding hydrogens is 554 g/mol. The zero-order valence-corrected chi connectivity index (χ0v) is 26.9. The van der Waals surface area contributed by atoms with E-state index in [1.807, 2.05) is 0 Å². The molecule has 3 aliphatic rings. The largest absolute Gasteiger partial charge is 0.326 e. The summed E-state index contributed by atoms with van der Waals surface area (Å²) in [5.41, 5.74) is 2.78. The van der Waals surface area contributed by atoms with Gasteiger partial charge in [0, 0.05) is 24.2 Å². The van der Waals surface area contributed by atoms with E-state index >= 15 is 0 Å². The lowest BCUT2D eigenvalue weighted by Gasteiger charge is -2.60. The minimum Gasteiger partial charge on any atom is -0.326 e. The summed E-state index contributed by atoms with van der Waals surface area (Å²) in [7, 11) is 0. The van der Waals surface area contributed by atoms with E-state index < -0.39 is 0 Å². The van der Waals surface area contributed by atoms with Crippen molar-refractivity contribution in [3.8, 4) is 0 Å². The summed E-state index contributed by atoms with van der Waals surface area (Å²) in [6.45, 7) is 13.9. The lowest BCUT2D eigenvalue weighted by molar-refractivity contribution is -0.120. The molecule has 4 nitrogen and oxygen atoms in total. The van der Waals surface area contributed by atoms with Crippen molar-refractivity contribution in [1.29, 1.82) is 0 Å². The van der Waals surface area contributed by atoms with Crippen molar-refractivity contribution < 1.29 is 18.4 Å². The molecule has 0 radical (unpaired) electrons. The second-order valence-corrected chi connectivity index (χ2v) is 14.7. The molecule has 6 heteroatoms. The highest BCUT2D eigenvalue weighted by molar-refractivity contribution is 5.91. The first-order valence-corrected chi connectivity index (χ1v) is 16.7. The van der Waals surface area contributed by atoms with Gasteiger partial charge in [-0.3, -0.25) is 9.59 Å². The number of rotatable bonds is 10. The van der Waals surface area contributed by atoms with Gasteiger partial charge in [0.1, 0.15) is 11.6 Å². The van der Waals surface area contributed by atoms with E-state index in [0.717, 1.165) is 19.3 Å². The number of carbonyl (C=O) groups is 2. The normalized spacial score (nSPS) is 31.8. The van der Waals surface area contributed by atoms with Crippen LogP contribution in [-0.2, 0) is 9.59 Å². The molecule has 3 aliphatic carbocycles. The second-order valence-electron chi connectivity index (χ2n) is 14.7. The molecule has 3 fully saturated rings. The van der Waals surface area contributed by atoms with Gasteiger partial charge in [0.25, 0.3) is 0 Å². The van der Waals surface area contributed by atoms with E-state index in [4.69, 9.17) is 0 Å². The van der Waals surface area contributed by atoms with E-state index in [-0.39, 0.29) is 34.3 Å². The molecule has 238 valence electrons. The summed E-state index contributed by atoms with van der Waals surface area (Å²) in [4.78, 5) is 25.7. The van der Waals surface area contributed by atoms with Crippen molar-refractivity contribution in [2.75, 3.05) is 10.6 Å². The fraction of sp³-hybridized carbons (Fsp3) is 0.579. The van der Waals surface area contributed by atoms with Gasteiger partial charge in [-0.2, -0.15) is 0 Å². The maximum atomic E-state index is 13.3. The zero-order chi connectivity index (χ0) is 31.6. The van der Waals surface area contributed by atoms with E-state index in [0.29, 0.717) is 59.7 Å². The highest BCUT2D eigenvalue weighted by atomic mass is 19.1. The standard InChI is InChI=1S/C38H50F2N2O2/c1-24(2)31-16-15-30-33-18-17-32(25(3)6-19-35(43)41-28-11-7-26(39)8-12-28)38(33,5)22-20-34(30)37(31,4)23-21-36(44)42-29-13-9-27(40)10-14-29/h7-14,25,30-34H,1,6,15-23H2,2-5H3,(H,41,43)(H,42,44)/t25-,30+,31?,32-,33+,34+,37+,38-/m1/s1. The lowest BCUT2D eigenvalue weighted by atomic mass is 9.45. The van der Waals surface area contributed by atoms with Gasteiger partial charge in [0.2, 0.25) is 11.8 Å². The quantitative estimate of drug-likeness (QED) is 0.265. The maximum Gasteiger partial charge on any atom is 0.224 e. The van der Waals surface area contributed by atoms with Crippen LogP contribution in [0.3, 0.4) is 0 Å². The molecule has 2 aromatic carbocycles. The Morgan fingerprint density at radius 2 is 1.41 bits per heavy atom. The lowest BCUT2D eigenvalue weighted by Crippen LogP contribution is -2.52. The third-order valence-corrected chi connectivity index (χ3v) is 12.2. The molecule has 0 heterocycles. The molecule has 8 atom stereocenters. The average Bonchev–Trinajstić information content (AvgIpc) is 3.35. The predicted octanol–water partition coefficient (Wildman–Crippen LogP) is 9.79. The van der Waals surface area contributed by atoms with Gasteiger partial charge in [-0.05, 0) is 153 Å². The van der Waals surface area contributed by atoms with Crippen LogP contribution in [0.25, 0.3) is 0 Å². The highest BCUT2D eigenvalue weighted by Crippen LogP contribution is 2.68. The first-order chi connectivity index (χ1) is 20.9. The van der Waals surface area contributed by atoms with Crippen LogP contribution in [0, 0.1) is 58.0 Å². The molecule has 0 aliphatic heterocycles. The third-order valence-electron chi connectivity index (χ3n) is 12.2. The summed E-state index contributed by atoms with van der Waals surface area (Å²) >= 11 is 0. The number of amides is 2. The zero-order valence-electron chi connectivity index (χ0n) is 26.9. The summed E-state index contributed by atoms with van der Waals surface area (Å²) in [5, 5.41) is 5.89. The predicted molar refractivity (Wildman–Crippen MR) is 174 cm³/mol. The molecule has 5 rings (SSSR count). The summed E-state index contributed by atoms with van der Waals surface area (Å²) < 4.78 is 26.6. The number of allylic oxidation sites excluding steroid dienone is 1.